The lowest BCUT2D eigenvalue weighted by atomic mass is 10.0. The van der Waals surface area contributed by atoms with Crippen molar-refractivity contribution in [1.82, 2.24) is 10.2 Å². The number of hydrogen-bond acceptors (Lipinski definition) is 3. The molecule has 0 bridgehead atoms. The van der Waals surface area contributed by atoms with Crippen molar-refractivity contribution in [3.8, 4) is 0 Å². The number of halogens is 1. The first-order valence-corrected chi connectivity index (χ1v) is 12.4. The molecule has 3 rings (SSSR count). The van der Waals surface area contributed by atoms with E-state index in [-0.39, 0.29) is 17.6 Å². The number of amides is 2. The standard InChI is InChI=1S/C27H29ClN2O2S/c1-20-9-8-12-22(15-20)17-30(25(27(32)29-2)16-21-10-4-3-5-11-21)26(31)19-33-18-23-13-6-7-14-24(23)28/h3-15,25H,16-19H2,1-2H3,(H,29,32)/t25-/m0/s1. The highest BCUT2D eigenvalue weighted by molar-refractivity contribution is 7.99. The summed E-state index contributed by atoms with van der Waals surface area (Å²) in [6, 6.07) is 24.9. The molecule has 0 saturated heterocycles. The number of nitrogens with zero attached hydrogens (tertiary/aromatic N) is 1. The van der Waals surface area contributed by atoms with Crippen molar-refractivity contribution < 1.29 is 9.59 Å². The zero-order valence-electron chi connectivity index (χ0n) is 19.0. The maximum absolute atomic E-state index is 13.5. The third-order valence-corrected chi connectivity index (χ3v) is 6.73. The number of carbonyl (C=O) groups is 2. The molecule has 3 aromatic rings. The van der Waals surface area contributed by atoms with Crippen LogP contribution in [0, 0.1) is 6.92 Å². The molecule has 0 radical (unpaired) electrons. The van der Waals surface area contributed by atoms with Crippen molar-refractivity contribution in [2.45, 2.75) is 31.7 Å². The fourth-order valence-electron chi connectivity index (χ4n) is 3.67. The molecular weight excluding hydrogens is 452 g/mol. The van der Waals surface area contributed by atoms with Gasteiger partial charge >= 0.3 is 0 Å². The Kier molecular flexibility index (Phi) is 9.40. The van der Waals surface area contributed by atoms with E-state index in [4.69, 9.17) is 11.6 Å². The lowest BCUT2D eigenvalue weighted by Gasteiger charge is -2.31. The third kappa shape index (κ3) is 7.37. The summed E-state index contributed by atoms with van der Waals surface area (Å²) in [4.78, 5) is 28.1. The van der Waals surface area contributed by atoms with Crippen LogP contribution in [-0.2, 0) is 28.3 Å². The average molecular weight is 481 g/mol. The summed E-state index contributed by atoms with van der Waals surface area (Å²) in [5.74, 6) is 0.654. The predicted octanol–water partition coefficient (Wildman–Crippen LogP) is 5.27. The largest absolute Gasteiger partial charge is 0.357 e. The quantitative estimate of drug-likeness (QED) is 0.430. The molecule has 0 saturated carbocycles. The second kappa shape index (κ2) is 12.5. The van der Waals surface area contributed by atoms with E-state index in [1.165, 1.54) is 11.8 Å². The highest BCUT2D eigenvalue weighted by Crippen LogP contribution is 2.22. The first kappa shape index (κ1) is 24.9. The van der Waals surface area contributed by atoms with Crippen molar-refractivity contribution in [1.29, 1.82) is 0 Å². The number of carbonyl (C=O) groups excluding carboxylic acids is 2. The molecule has 33 heavy (non-hydrogen) atoms. The summed E-state index contributed by atoms with van der Waals surface area (Å²) in [5.41, 5.74) is 4.13. The van der Waals surface area contributed by atoms with E-state index in [9.17, 15) is 9.59 Å². The SMILES string of the molecule is CNC(=O)[C@H](Cc1ccccc1)N(Cc1cccc(C)c1)C(=O)CSCc1ccccc1Cl. The Morgan fingerprint density at radius 1 is 0.970 bits per heavy atom. The summed E-state index contributed by atoms with van der Waals surface area (Å²) in [6.07, 6.45) is 0.452. The molecule has 172 valence electrons. The molecular formula is C27H29ClN2O2S. The van der Waals surface area contributed by atoms with Crippen LogP contribution in [0.3, 0.4) is 0 Å². The molecule has 0 aromatic heterocycles. The second-order valence-corrected chi connectivity index (χ2v) is 9.31. The highest BCUT2D eigenvalue weighted by atomic mass is 35.5. The van der Waals surface area contributed by atoms with Crippen molar-refractivity contribution >= 4 is 35.2 Å². The zero-order valence-corrected chi connectivity index (χ0v) is 20.5. The molecule has 4 nitrogen and oxygen atoms in total. The van der Waals surface area contributed by atoms with Gasteiger partial charge in [-0.15, -0.1) is 11.8 Å². The van der Waals surface area contributed by atoms with E-state index in [2.05, 4.69) is 11.4 Å². The zero-order chi connectivity index (χ0) is 23.6. The van der Waals surface area contributed by atoms with Gasteiger partial charge in [0, 0.05) is 30.8 Å². The Morgan fingerprint density at radius 3 is 2.36 bits per heavy atom. The second-order valence-electron chi connectivity index (χ2n) is 7.91. The molecule has 1 N–H and O–H groups in total. The lowest BCUT2D eigenvalue weighted by molar-refractivity contribution is -0.139. The molecule has 0 heterocycles. The van der Waals surface area contributed by atoms with Crippen LogP contribution >= 0.6 is 23.4 Å². The van der Waals surface area contributed by atoms with Crippen LogP contribution in [0.2, 0.25) is 5.02 Å². The third-order valence-electron chi connectivity index (χ3n) is 5.39. The van der Waals surface area contributed by atoms with Crippen LogP contribution in [0.15, 0.2) is 78.9 Å². The Balaban J connectivity index is 1.81. The Bertz CT molecular complexity index is 1070. The number of thioether (sulfide) groups is 1. The van der Waals surface area contributed by atoms with Crippen LogP contribution in [-0.4, -0.2) is 35.6 Å². The number of likely N-dealkylation sites (N-methyl/N-ethyl adjacent to an activating group) is 1. The van der Waals surface area contributed by atoms with Crippen molar-refractivity contribution in [2.24, 2.45) is 0 Å². The fraction of sp³-hybridized carbons (Fsp3) is 0.259. The number of nitrogens with one attached hydrogen (secondary N) is 1. The highest BCUT2D eigenvalue weighted by Gasteiger charge is 2.29. The van der Waals surface area contributed by atoms with Gasteiger partial charge in [0.15, 0.2) is 0 Å². The molecule has 1 atom stereocenters. The van der Waals surface area contributed by atoms with Gasteiger partial charge in [0.25, 0.3) is 0 Å². The number of rotatable bonds is 10. The van der Waals surface area contributed by atoms with Crippen LogP contribution in [0.5, 0.6) is 0 Å². The number of hydrogen-bond donors (Lipinski definition) is 1. The first-order chi connectivity index (χ1) is 16.0. The maximum atomic E-state index is 13.5. The minimum Gasteiger partial charge on any atom is -0.357 e. The Hall–Kier alpha value is -2.76. The normalized spacial score (nSPS) is 11.6. The van der Waals surface area contributed by atoms with Gasteiger partial charge < -0.3 is 10.2 Å². The van der Waals surface area contributed by atoms with E-state index in [1.807, 2.05) is 79.7 Å². The summed E-state index contributed by atoms with van der Waals surface area (Å²) >= 11 is 7.77. The maximum Gasteiger partial charge on any atom is 0.242 e. The Labute approximate surface area is 205 Å². The van der Waals surface area contributed by atoms with Crippen molar-refractivity contribution in [3.63, 3.8) is 0 Å². The summed E-state index contributed by atoms with van der Waals surface area (Å²) in [6.45, 7) is 2.40. The van der Waals surface area contributed by atoms with Crippen LogP contribution in [0.1, 0.15) is 22.3 Å². The molecule has 0 unspecified atom stereocenters. The van der Waals surface area contributed by atoms with Crippen LogP contribution in [0.4, 0.5) is 0 Å². The predicted molar refractivity (Wildman–Crippen MR) is 137 cm³/mol. The monoisotopic (exact) mass is 480 g/mol. The first-order valence-electron chi connectivity index (χ1n) is 10.9. The minimum absolute atomic E-state index is 0.0712. The number of benzene rings is 3. The van der Waals surface area contributed by atoms with Gasteiger partial charge in [-0.1, -0.05) is 90.0 Å². The van der Waals surface area contributed by atoms with E-state index >= 15 is 0 Å². The number of aryl methyl sites for hydroxylation is 1. The van der Waals surface area contributed by atoms with Gasteiger partial charge in [-0.05, 0) is 29.7 Å². The minimum atomic E-state index is -0.605. The molecule has 0 aliphatic rings. The topological polar surface area (TPSA) is 49.4 Å². The average Bonchev–Trinajstić information content (AvgIpc) is 2.82. The molecule has 0 spiro atoms. The summed E-state index contributed by atoms with van der Waals surface area (Å²) in [5, 5.41) is 3.45. The van der Waals surface area contributed by atoms with Gasteiger partial charge in [-0.3, -0.25) is 9.59 Å². The summed E-state index contributed by atoms with van der Waals surface area (Å²) in [7, 11) is 1.61. The van der Waals surface area contributed by atoms with Gasteiger partial charge in [0.05, 0.1) is 5.75 Å². The van der Waals surface area contributed by atoms with Gasteiger partial charge in [0.1, 0.15) is 6.04 Å². The molecule has 0 aliphatic carbocycles. The van der Waals surface area contributed by atoms with Gasteiger partial charge in [-0.25, -0.2) is 0 Å². The van der Waals surface area contributed by atoms with E-state index < -0.39 is 6.04 Å². The summed E-state index contributed by atoms with van der Waals surface area (Å²) < 4.78 is 0. The molecule has 0 aliphatic heterocycles. The smallest absolute Gasteiger partial charge is 0.242 e. The van der Waals surface area contributed by atoms with E-state index in [0.29, 0.717) is 23.7 Å². The molecule has 6 heteroatoms. The van der Waals surface area contributed by atoms with Gasteiger partial charge in [-0.2, -0.15) is 0 Å². The van der Waals surface area contributed by atoms with E-state index in [1.54, 1.807) is 11.9 Å². The Morgan fingerprint density at radius 2 is 1.67 bits per heavy atom. The van der Waals surface area contributed by atoms with Crippen molar-refractivity contribution in [2.75, 3.05) is 12.8 Å². The van der Waals surface area contributed by atoms with E-state index in [0.717, 1.165) is 22.3 Å². The molecule has 2 amide bonds. The van der Waals surface area contributed by atoms with Crippen molar-refractivity contribution in [3.05, 3.63) is 106 Å². The lowest BCUT2D eigenvalue weighted by Crippen LogP contribution is -2.50. The molecule has 3 aromatic carbocycles. The fourth-order valence-corrected chi connectivity index (χ4v) is 4.87. The van der Waals surface area contributed by atoms with Crippen LogP contribution < -0.4 is 5.32 Å². The molecule has 0 fully saturated rings. The van der Waals surface area contributed by atoms with Gasteiger partial charge in [0.2, 0.25) is 11.8 Å². The van der Waals surface area contributed by atoms with Crippen LogP contribution in [0.25, 0.3) is 0 Å².